The van der Waals surface area contributed by atoms with Crippen molar-refractivity contribution in [3.8, 4) is 5.75 Å². The number of halogens is 1. The molecule has 0 bridgehead atoms. The van der Waals surface area contributed by atoms with Crippen LogP contribution in [0.1, 0.15) is 11.1 Å². The predicted octanol–water partition coefficient (Wildman–Crippen LogP) is 2.57. The van der Waals surface area contributed by atoms with E-state index in [1.165, 1.54) is 0 Å². The number of thioether (sulfide) groups is 1. The maximum Gasteiger partial charge on any atom is 0.242 e. The number of aryl methyl sites for hydroxylation is 1. The summed E-state index contributed by atoms with van der Waals surface area (Å²) in [6.45, 7) is 3.79. The molecule has 1 amide bonds. The summed E-state index contributed by atoms with van der Waals surface area (Å²) in [6.07, 6.45) is 0. The molecular formula is C13H17ClN2O2S. The van der Waals surface area contributed by atoms with Crippen molar-refractivity contribution in [3.63, 3.8) is 0 Å². The molecule has 2 N–H and O–H groups in total. The van der Waals surface area contributed by atoms with E-state index in [4.69, 9.17) is 16.3 Å². The van der Waals surface area contributed by atoms with Crippen molar-refractivity contribution in [1.29, 1.82) is 0 Å². The van der Waals surface area contributed by atoms with E-state index in [0.29, 0.717) is 16.5 Å². The van der Waals surface area contributed by atoms with Gasteiger partial charge in [-0.05, 0) is 31.0 Å². The van der Waals surface area contributed by atoms with E-state index < -0.39 is 0 Å². The molecule has 2 rings (SSSR count). The van der Waals surface area contributed by atoms with Crippen molar-refractivity contribution in [2.24, 2.45) is 0 Å². The van der Waals surface area contributed by atoms with E-state index in [2.05, 4.69) is 10.6 Å². The van der Waals surface area contributed by atoms with Gasteiger partial charge in [-0.3, -0.25) is 10.1 Å². The normalized spacial score (nSPS) is 18.4. The van der Waals surface area contributed by atoms with Gasteiger partial charge in [0.2, 0.25) is 5.91 Å². The first-order chi connectivity index (χ1) is 9.04. The lowest BCUT2D eigenvalue weighted by Gasteiger charge is -2.17. The molecule has 6 heteroatoms. The van der Waals surface area contributed by atoms with Crippen LogP contribution >= 0.6 is 23.4 Å². The van der Waals surface area contributed by atoms with Crippen LogP contribution < -0.4 is 15.4 Å². The van der Waals surface area contributed by atoms with Crippen LogP contribution in [0.25, 0.3) is 0 Å². The van der Waals surface area contributed by atoms with Crippen LogP contribution in [0.4, 0.5) is 5.69 Å². The number of methoxy groups -OCH3 is 1. The second-order valence-corrected chi connectivity index (χ2v) is 5.88. The van der Waals surface area contributed by atoms with Crippen LogP contribution in [0.15, 0.2) is 6.07 Å². The number of hydrogen-bond donors (Lipinski definition) is 2. The average molecular weight is 301 g/mol. The highest BCUT2D eigenvalue weighted by Crippen LogP contribution is 2.36. The molecule has 0 spiro atoms. The van der Waals surface area contributed by atoms with Gasteiger partial charge in [0.05, 0.1) is 18.8 Å². The van der Waals surface area contributed by atoms with Crippen molar-refractivity contribution < 1.29 is 9.53 Å². The lowest BCUT2D eigenvalue weighted by atomic mass is 10.1. The molecule has 4 nitrogen and oxygen atoms in total. The first-order valence-electron chi connectivity index (χ1n) is 6.00. The molecule has 0 saturated carbocycles. The standard InChI is InChI=1S/C13H17ClN2O2S/c1-7-4-10(18-3)12(8(2)11(7)14)16-13(17)9-5-19-6-15-9/h4,9,15H,5-6H2,1-3H3,(H,16,17). The van der Waals surface area contributed by atoms with Crippen LogP contribution in [0.2, 0.25) is 5.02 Å². The third kappa shape index (κ3) is 2.99. The minimum Gasteiger partial charge on any atom is -0.495 e. The smallest absolute Gasteiger partial charge is 0.242 e. The van der Waals surface area contributed by atoms with Gasteiger partial charge in [-0.1, -0.05) is 11.6 Å². The maximum absolute atomic E-state index is 12.1. The molecule has 0 aliphatic carbocycles. The molecule has 0 radical (unpaired) electrons. The molecule has 1 unspecified atom stereocenters. The summed E-state index contributed by atoms with van der Waals surface area (Å²) in [4.78, 5) is 12.1. The van der Waals surface area contributed by atoms with Gasteiger partial charge in [0.15, 0.2) is 0 Å². The summed E-state index contributed by atoms with van der Waals surface area (Å²) in [6, 6.07) is 1.68. The number of benzene rings is 1. The van der Waals surface area contributed by atoms with E-state index in [9.17, 15) is 4.79 Å². The van der Waals surface area contributed by atoms with Gasteiger partial charge in [0.1, 0.15) is 5.75 Å². The fourth-order valence-electron chi connectivity index (χ4n) is 2.01. The molecule has 1 fully saturated rings. The average Bonchev–Trinajstić information content (AvgIpc) is 2.93. The third-order valence-corrected chi connectivity index (χ3v) is 4.67. The minimum absolute atomic E-state index is 0.0497. The molecule has 104 valence electrons. The van der Waals surface area contributed by atoms with Crippen LogP contribution in [-0.4, -0.2) is 30.7 Å². The van der Waals surface area contributed by atoms with Gasteiger partial charge in [-0.15, -0.1) is 11.8 Å². The SMILES string of the molecule is COc1cc(C)c(Cl)c(C)c1NC(=O)C1CSCN1. The number of amides is 1. The van der Waals surface area contributed by atoms with Gasteiger partial charge in [0, 0.05) is 16.7 Å². The summed E-state index contributed by atoms with van der Waals surface area (Å²) in [5, 5.41) is 6.71. The molecule has 1 atom stereocenters. The highest BCUT2D eigenvalue weighted by Gasteiger charge is 2.24. The Labute approximate surface area is 122 Å². The van der Waals surface area contributed by atoms with Crippen molar-refractivity contribution in [2.75, 3.05) is 24.1 Å². The molecule has 1 aliphatic heterocycles. The van der Waals surface area contributed by atoms with Crippen molar-refractivity contribution in [3.05, 3.63) is 22.2 Å². The topological polar surface area (TPSA) is 50.4 Å². The minimum atomic E-state index is -0.158. The van der Waals surface area contributed by atoms with Crippen LogP contribution in [0.5, 0.6) is 5.75 Å². The zero-order valence-corrected chi connectivity index (χ0v) is 12.7. The van der Waals surface area contributed by atoms with Crippen LogP contribution in [0.3, 0.4) is 0 Å². The molecule has 1 saturated heterocycles. The monoisotopic (exact) mass is 300 g/mol. The first kappa shape index (κ1) is 14.5. The van der Waals surface area contributed by atoms with Gasteiger partial charge < -0.3 is 10.1 Å². The van der Waals surface area contributed by atoms with Gasteiger partial charge in [-0.25, -0.2) is 0 Å². The zero-order valence-electron chi connectivity index (χ0n) is 11.2. The lowest BCUT2D eigenvalue weighted by molar-refractivity contribution is -0.117. The Hall–Kier alpha value is -0.910. The van der Waals surface area contributed by atoms with Crippen LogP contribution in [0, 0.1) is 13.8 Å². The zero-order chi connectivity index (χ0) is 14.0. The Morgan fingerprint density at radius 2 is 2.32 bits per heavy atom. The van der Waals surface area contributed by atoms with E-state index in [1.807, 2.05) is 19.9 Å². The largest absolute Gasteiger partial charge is 0.495 e. The highest BCUT2D eigenvalue weighted by atomic mass is 35.5. The summed E-state index contributed by atoms with van der Waals surface area (Å²) >= 11 is 7.94. The summed E-state index contributed by atoms with van der Waals surface area (Å²) in [7, 11) is 1.58. The summed E-state index contributed by atoms with van der Waals surface area (Å²) in [5.74, 6) is 2.18. The lowest BCUT2D eigenvalue weighted by Crippen LogP contribution is -2.37. The van der Waals surface area contributed by atoms with Crippen molar-refractivity contribution in [1.82, 2.24) is 5.32 Å². The Morgan fingerprint density at radius 3 is 2.89 bits per heavy atom. The van der Waals surface area contributed by atoms with Crippen molar-refractivity contribution in [2.45, 2.75) is 19.9 Å². The number of nitrogens with one attached hydrogen (secondary N) is 2. The van der Waals surface area contributed by atoms with E-state index >= 15 is 0 Å². The number of ether oxygens (including phenoxy) is 1. The first-order valence-corrected chi connectivity index (χ1v) is 7.53. The highest BCUT2D eigenvalue weighted by molar-refractivity contribution is 7.99. The Balaban J connectivity index is 2.28. The molecule has 1 aromatic rings. The van der Waals surface area contributed by atoms with Crippen LogP contribution in [-0.2, 0) is 4.79 Å². The molecule has 1 heterocycles. The number of anilines is 1. The second kappa shape index (κ2) is 6.03. The quantitative estimate of drug-likeness (QED) is 0.901. The molecule has 1 aliphatic rings. The Bertz CT molecular complexity index is 502. The fourth-order valence-corrected chi connectivity index (χ4v) is 3.10. The van der Waals surface area contributed by atoms with E-state index in [1.54, 1.807) is 18.9 Å². The second-order valence-electron chi connectivity index (χ2n) is 4.47. The van der Waals surface area contributed by atoms with Gasteiger partial charge >= 0.3 is 0 Å². The number of rotatable bonds is 3. The van der Waals surface area contributed by atoms with Gasteiger partial charge in [0.25, 0.3) is 0 Å². The summed E-state index contributed by atoms with van der Waals surface area (Å²) < 4.78 is 5.33. The molecule has 1 aromatic carbocycles. The van der Waals surface area contributed by atoms with Crippen molar-refractivity contribution >= 4 is 35.0 Å². The van der Waals surface area contributed by atoms with Gasteiger partial charge in [-0.2, -0.15) is 0 Å². The number of carbonyl (C=O) groups excluding carboxylic acids is 1. The number of hydrogen-bond acceptors (Lipinski definition) is 4. The maximum atomic E-state index is 12.1. The summed E-state index contributed by atoms with van der Waals surface area (Å²) in [5.41, 5.74) is 2.42. The molecule has 19 heavy (non-hydrogen) atoms. The van der Waals surface area contributed by atoms with E-state index in [0.717, 1.165) is 22.8 Å². The fraction of sp³-hybridized carbons (Fsp3) is 0.462. The molecule has 0 aromatic heterocycles. The Morgan fingerprint density at radius 1 is 1.58 bits per heavy atom. The molecular weight excluding hydrogens is 284 g/mol. The Kier molecular flexibility index (Phi) is 4.60. The number of carbonyl (C=O) groups is 1. The third-order valence-electron chi connectivity index (χ3n) is 3.15. The predicted molar refractivity (Wildman–Crippen MR) is 80.4 cm³/mol. The van der Waals surface area contributed by atoms with E-state index in [-0.39, 0.29) is 11.9 Å².